The van der Waals surface area contributed by atoms with Crippen LogP contribution < -0.4 is 21.5 Å². The molecule has 34 heavy (non-hydrogen) atoms. The number of carbonyl (C=O) groups excluding carboxylic acids is 2. The summed E-state index contributed by atoms with van der Waals surface area (Å²) in [6, 6.07) is 13.2. The number of aliphatic hydroxyl groups excluding tert-OH is 1. The number of nitrogens with one attached hydrogen (secondary N) is 2. The first-order chi connectivity index (χ1) is 16.3. The zero-order valence-corrected chi connectivity index (χ0v) is 18.4. The normalized spacial score (nSPS) is 16.8. The van der Waals surface area contributed by atoms with Crippen molar-refractivity contribution in [1.82, 2.24) is 4.98 Å². The maximum Gasteiger partial charge on any atom is 0.259 e. The highest BCUT2D eigenvalue weighted by atomic mass is 16.5. The molecule has 2 amide bonds. The van der Waals surface area contributed by atoms with Gasteiger partial charge in [-0.05, 0) is 53.8 Å². The topological polar surface area (TPSA) is 162 Å². The highest BCUT2D eigenvalue weighted by Gasteiger charge is 2.39. The number of morpholine rings is 1. The molecule has 2 aromatic carbocycles. The van der Waals surface area contributed by atoms with Gasteiger partial charge in [0.1, 0.15) is 0 Å². The van der Waals surface area contributed by atoms with Gasteiger partial charge in [-0.15, -0.1) is 0 Å². The van der Waals surface area contributed by atoms with Crippen LogP contribution in [0.5, 0.6) is 0 Å². The summed E-state index contributed by atoms with van der Waals surface area (Å²) in [4.78, 5) is 41.9. The number of pyridine rings is 1. The fourth-order valence-corrected chi connectivity index (χ4v) is 4.02. The summed E-state index contributed by atoms with van der Waals surface area (Å²) in [6.45, 7) is 2.22. The lowest BCUT2D eigenvalue weighted by Crippen LogP contribution is -2.55. The van der Waals surface area contributed by atoms with Gasteiger partial charge in [-0.2, -0.15) is 5.26 Å². The standard InChI is InChI=1S/C24H23N5O5/c1-13-18(6-3-14-4-7-19(30)28-20(13)14)29-8-9-34-22(24(29)33)21(31)23(32)27-17-5-2-15(11-25)16(10-17)12-26/h2-7,10,21-22,31H,8-9,12,26H2,1H3,(H,27,32)(H,28,30)/t21-,22-/m1/s1. The molecule has 174 valence electrons. The van der Waals surface area contributed by atoms with Crippen LogP contribution in [-0.4, -0.2) is 47.3 Å². The molecule has 3 aromatic rings. The summed E-state index contributed by atoms with van der Waals surface area (Å²) in [5.74, 6) is -1.40. The molecule has 5 N–H and O–H groups in total. The third kappa shape index (κ3) is 4.27. The Morgan fingerprint density at radius 1 is 1.32 bits per heavy atom. The maximum absolute atomic E-state index is 13.2. The van der Waals surface area contributed by atoms with E-state index in [2.05, 4.69) is 10.3 Å². The largest absolute Gasteiger partial charge is 0.380 e. The average molecular weight is 461 g/mol. The molecule has 2 atom stereocenters. The van der Waals surface area contributed by atoms with E-state index in [1.807, 2.05) is 6.07 Å². The van der Waals surface area contributed by atoms with Crippen LogP contribution in [0.3, 0.4) is 0 Å². The summed E-state index contributed by atoms with van der Waals surface area (Å²) < 4.78 is 5.47. The van der Waals surface area contributed by atoms with E-state index in [0.717, 1.165) is 5.39 Å². The van der Waals surface area contributed by atoms with Gasteiger partial charge in [0.15, 0.2) is 12.2 Å². The Labute approximate surface area is 194 Å². The number of nitrogens with zero attached hydrogens (tertiary/aromatic N) is 2. The molecule has 0 spiro atoms. The second-order valence-corrected chi connectivity index (χ2v) is 7.90. The number of aryl methyl sites for hydroxylation is 1. The van der Waals surface area contributed by atoms with Gasteiger partial charge < -0.3 is 30.8 Å². The first kappa shape index (κ1) is 23.1. The number of nitrogens with two attached hydrogens (primary N) is 1. The first-order valence-corrected chi connectivity index (χ1v) is 10.6. The SMILES string of the molecule is Cc1c(N2CCO[C@H]([C@@H](O)C(=O)Nc3ccc(C#N)c(CN)c3)C2=O)ccc2ccc(=O)[nH]c12. The molecular weight excluding hydrogens is 438 g/mol. The molecule has 1 fully saturated rings. The number of ether oxygens (including phenoxy) is 1. The fraction of sp³-hybridized carbons (Fsp3) is 0.250. The number of rotatable bonds is 5. The zero-order chi connectivity index (χ0) is 24.4. The van der Waals surface area contributed by atoms with Crippen LogP contribution in [0, 0.1) is 18.3 Å². The van der Waals surface area contributed by atoms with E-state index < -0.39 is 24.0 Å². The van der Waals surface area contributed by atoms with Crippen molar-refractivity contribution in [2.75, 3.05) is 23.4 Å². The number of nitriles is 1. The molecule has 0 saturated carbocycles. The zero-order valence-electron chi connectivity index (χ0n) is 18.4. The molecule has 0 radical (unpaired) electrons. The van der Waals surface area contributed by atoms with Crippen molar-refractivity contribution in [2.45, 2.75) is 25.7 Å². The Balaban J connectivity index is 1.55. The van der Waals surface area contributed by atoms with Crippen molar-refractivity contribution in [1.29, 1.82) is 5.26 Å². The van der Waals surface area contributed by atoms with Crippen LogP contribution >= 0.6 is 0 Å². The number of carbonyl (C=O) groups is 2. The van der Waals surface area contributed by atoms with E-state index >= 15 is 0 Å². The maximum atomic E-state index is 13.2. The van der Waals surface area contributed by atoms with Crippen LogP contribution in [0.25, 0.3) is 10.9 Å². The number of fused-ring (bicyclic) bond motifs is 1. The van der Waals surface area contributed by atoms with E-state index in [-0.39, 0.29) is 25.3 Å². The number of benzene rings is 2. The molecule has 1 aliphatic rings. The third-order valence-electron chi connectivity index (χ3n) is 5.81. The number of H-pyrrole nitrogens is 1. The van der Waals surface area contributed by atoms with E-state index in [9.17, 15) is 19.5 Å². The van der Waals surface area contributed by atoms with E-state index in [0.29, 0.717) is 33.6 Å². The molecule has 2 heterocycles. The Kier molecular flexibility index (Phi) is 6.43. The van der Waals surface area contributed by atoms with Gasteiger partial charge in [0.25, 0.3) is 11.8 Å². The van der Waals surface area contributed by atoms with Gasteiger partial charge >= 0.3 is 0 Å². The van der Waals surface area contributed by atoms with Gasteiger partial charge in [-0.3, -0.25) is 14.4 Å². The van der Waals surface area contributed by atoms with Crippen molar-refractivity contribution in [3.05, 3.63) is 69.5 Å². The summed E-state index contributed by atoms with van der Waals surface area (Å²) in [5.41, 5.74) is 8.49. The molecule has 0 bridgehead atoms. The molecular formula is C24H23N5O5. The van der Waals surface area contributed by atoms with E-state index in [4.69, 9.17) is 15.7 Å². The molecule has 4 rings (SSSR count). The fourth-order valence-electron chi connectivity index (χ4n) is 4.02. The monoisotopic (exact) mass is 461 g/mol. The van der Waals surface area contributed by atoms with E-state index in [1.165, 1.54) is 29.2 Å². The minimum Gasteiger partial charge on any atom is -0.380 e. The van der Waals surface area contributed by atoms with E-state index in [1.54, 1.807) is 25.1 Å². The van der Waals surface area contributed by atoms with Gasteiger partial charge in [-0.1, -0.05) is 6.07 Å². The molecule has 1 saturated heterocycles. The molecule has 10 heteroatoms. The summed E-state index contributed by atoms with van der Waals surface area (Å²) in [6.07, 6.45) is -3.18. The van der Waals surface area contributed by atoms with Gasteiger partial charge in [-0.25, -0.2) is 0 Å². The lowest BCUT2D eigenvalue weighted by molar-refractivity contribution is -0.150. The quantitative estimate of drug-likeness (QED) is 0.439. The highest BCUT2D eigenvalue weighted by Crippen LogP contribution is 2.29. The Hall–Kier alpha value is -4.04. The van der Waals surface area contributed by atoms with Crippen molar-refractivity contribution in [3.8, 4) is 6.07 Å². The Bertz CT molecular complexity index is 1380. The van der Waals surface area contributed by atoms with Crippen LogP contribution in [0.15, 0.2) is 47.3 Å². The highest BCUT2D eigenvalue weighted by molar-refractivity contribution is 6.05. The average Bonchev–Trinajstić information content (AvgIpc) is 2.84. The first-order valence-electron chi connectivity index (χ1n) is 10.6. The number of aromatic amines is 1. The van der Waals surface area contributed by atoms with Gasteiger partial charge in [0.2, 0.25) is 5.56 Å². The molecule has 0 aliphatic carbocycles. The predicted molar refractivity (Wildman–Crippen MR) is 125 cm³/mol. The number of anilines is 2. The molecule has 1 aromatic heterocycles. The number of hydrogen-bond acceptors (Lipinski definition) is 7. The summed E-state index contributed by atoms with van der Waals surface area (Å²) in [5, 5.41) is 23.1. The van der Waals surface area contributed by atoms with Gasteiger partial charge in [0.05, 0.1) is 23.8 Å². The minimum atomic E-state index is -1.77. The number of hydrogen-bond donors (Lipinski definition) is 4. The second-order valence-electron chi connectivity index (χ2n) is 7.90. The predicted octanol–water partition coefficient (Wildman–Crippen LogP) is 0.898. The van der Waals surface area contributed by atoms with Crippen molar-refractivity contribution >= 4 is 34.1 Å². The van der Waals surface area contributed by atoms with Crippen LogP contribution in [0.1, 0.15) is 16.7 Å². The molecule has 10 nitrogen and oxygen atoms in total. The van der Waals surface area contributed by atoms with Crippen molar-refractivity contribution < 1.29 is 19.4 Å². The number of aromatic nitrogens is 1. The van der Waals surface area contributed by atoms with Crippen LogP contribution in [0.4, 0.5) is 11.4 Å². The third-order valence-corrected chi connectivity index (χ3v) is 5.81. The lowest BCUT2D eigenvalue weighted by Gasteiger charge is -2.35. The Morgan fingerprint density at radius 3 is 2.82 bits per heavy atom. The Morgan fingerprint density at radius 2 is 2.09 bits per heavy atom. The van der Waals surface area contributed by atoms with Crippen molar-refractivity contribution in [3.63, 3.8) is 0 Å². The molecule has 0 unspecified atom stereocenters. The number of amides is 2. The van der Waals surface area contributed by atoms with Crippen LogP contribution in [0.2, 0.25) is 0 Å². The second kappa shape index (κ2) is 9.44. The summed E-state index contributed by atoms with van der Waals surface area (Å²) in [7, 11) is 0. The smallest absolute Gasteiger partial charge is 0.259 e. The summed E-state index contributed by atoms with van der Waals surface area (Å²) >= 11 is 0. The van der Waals surface area contributed by atoms with Crippen molar-refractivity contribution in [2.24, 2.45) is 5.73 Å². The lowest BCUT2D eigenvalue weighted by atomic mass is 10.0. The minimum absolute atomic E-state index is 0.102. The van der Waals surface area contributed by atoms with Gasteiger partial charge in [0, 0.05) is 30.5 Å². The van der Waals surface area contributed by atoms with Crippen LogP contribution in [-0.2, 0) is 20.9 Å². The molecule has 1 aliphatic heterocycles. The number of aliphatic hydroxyl groups is 1.